The first kappa shape index (κ1) is 36.9. The second-order valence-electron chi connectivity index (χ2n) is 17.4. The van der Waals surface area contributed by atoms with Crippen LogP contribution >= 0.6 is 0 Å². The maximum Gasteiger partial charge on any atom is 0.192 e. The van der Waals surface area contributed by atoms with Crippen molar-refractivity contribution in [3.05, 3.63) is 36.7 Å². The summed E-state index contributed by atoms with van der Waals surface area (Å²) in [6.07, 6.45) is 0.0809. The van der Waals surface area contributed by atoms with Crippen LogP contribution in [-0.2, 0) is 18.0 Å². The number of fused-ring (bicyclic) bond motifs is 1. The van der Waals surface area contributed by atoms with Gasteiger partial charge in [-0.2, -0.15) is 0 Å². The molecule has 0 bridgehead atoms. The van der Waals surface area contributed by atoms with Crippen molar-refractivity contribution in [3.63, 3.8) is 0 Å². The molecule has 0 amide bonds. The summed E-state index contributed by atoms with van der Waals surface area (Å²) in [5.41, 5.74) is 8.52. The molecule has 256 valence electrons. The number of nitrogens with zero attached hydrogens (tertiary/aromatic N) is 4. The van der Waals surface area contributed by atoms with E-state index in [0.29, 0.717) is 29.4 Å². The summed E-state index contributed by atoms with van der Waals surface area (Å²) in [5, 5.41) is 0.0188. The van der Waals surface area contributed by atoms with Crippen molar-refractivity contribution in [2.75, 3.05) is 12.3 Å². The number of imidazole rings is 1. The lowest BCUT2D eigenvalue weighted by molar-refractivity contribution is -0.0470. The average molecular weight is 686 g/mol. The highest BCUT2D eigenvalue weighted by Crippen LogP contribution is 2.47. The molecule has 2 N–H and O–H groups in total. The number of anilines is 1. The number of ether oxygens (including phenoxy) is 1. The van der Waals surface area contributed by atoms with Crippen LogP contribution in [0.5, 0.6) is 0 Å². The van der Waals surface area contributed by atoms with E-state index in [4.69, 9.17) is 33.7 Å². The van der Waals surface area contributed by atoms with Crippen LogP contribution in [-0.4, -0.2) is 69.4 Å². The quantitative estimate of drug-likeness (QED) is 0.223. The normalized spacial score (nSPS) is 22.2. The third-order valence-corrected chi connectivity index (χ3v) is 24.4. The van der Waals surface area contributed by atoms with Gasteiger partial charge in [0.05, 0.1) is 12.9 Å². The van der Waals surface area contributed by atoms with Crippen molar-refractivity contribution in [3.8, 4) is 11.4 Å². The molecular formula is C34H59N5O4Si3. The van der Waals surface area contributed by atoms with E-state index in [0.717, 1.165) is 5.56 Å². The summed E-state index contributed by atoms with van der Waals surface area (Å²) < 4.78 is 30.5. The summed E-state index contributed by atoms with van der Waals surface area (Å²) in [5.74, 6) is 0.869. The molecule has 0 spiro atoms. The molecule has 1 fully saturated rings. The Kier molecular flexibility index (Phi) is 10.0. The fourth-order valence-electron chi connectivity index (χ4n) is 4.72. The van der Waals surface area contributed by atoms with Crippen molar-refractivity contribution in [1.82, 2.24) is 19.5 Å². The zero-order valence-electron chi connectivity index (χ0n) is 31.0. The van der Waals surface area contributed by atoms with Gasteiger partial charge in [0.1, 0.15) is 23.8 Å². The molecule has 1 aliphatic rings. The Morgan fingerprint density at radius 1 is 0.761 bits per heavy atom. The monoisotopic (exact) mass is 685 g/mol. The van der Waals surface area contributed by atoms with Crippen molar-refractivity contribution < 1.29 is 18.0 Å². The second-order valence-corrected chi connectivity index (χ2v) is 31.8. The summed E-state index contributed by atoms with van der Waals surface area (Å²) in [6.45, 7) is 34.5. The van der Waals surface area contributed by atoms with Gasteiger partial charge in [-0.25, -0.2) is 15.0 Å². The number of hydrogen-bond donors (Lipinski definition) is 1. The van der Waals surface area contributed by atoms with Gasteiger partial charge in [0.25, 0.3) is 0 Å². The molecule has 1 aliphatic heterocycles. The van der Waals surface area contributed by atoms with Crippen LogP contribution in [0.1, 0.15) is 68.5 Å². The molecule has 0 unspecified atom stereocenters. The van der Waals surface area contributed by atoms with Crippen LogP contribution in [0, 0.1) is 0 Å². The first-order valence-corrected chi connectivity index (χ1v) is 25.3. The Labute approximate surface area is 280 Å². The summed E-state index contributed by atoms with van der Waals surface area (Å²) in [4.78, 5) is 14.3. The van der Waals surface area contributed by atoms with Gasteiger partial charge >= 0.3 is 0 Å². The van der Waals surface area contributed by atoms with E-state index in [1.807, 2.05) is 34.9 Å². The SMILES string of the molecule is CC(C)(C)[Si](C)(C)OC[C@H]1O[C@@H](n2cnc3c(N)nc(-c4ccccc4)nc32)[C@H](O[Si](C)(C)C(C)(C)C)[C@@H]1O[Si](C)(C)C(C)(C)C. The third kappa shape index (κ3) is 7.37. The van der Waals surface area contributed by atoms with Gasteiger partial charge in [-0.3, -0.25) is 4.57 Å². The lowest BCUT2D eigenvalue weighted by atomic mass is 10.1. The number of aromatic nitrogens is 4. The minimum atomic E-state index is -2.32. The smallest absolute Gasteiger partial charge is 0.192 e. The molecule has 0 aliphatic carbocycles. The molecule has 3 heterocycles. The topological polar surface area (TPSA) is 107 Å². The van der Waals surface area contributed by atoms with Crippen LogP contribution < -0.4 is 5.73 Å². The highest BCUT2D eigenvalue weighted by atomic mass is 28.4. The van der Waals surface area contributed by atoms with Crippen molar-refractivity contribution in [2.45, 2.75) is 141 Å². The molecule has 1 aromatic carbocycles. The van der Waals surface area contributed by atoms with Crippen LogP contribution in [0.2, 0.25) is 54.4 Å². The predicted molar refractivity (Wildman–Crippen MR) is 196 cm³/mol. The molecular weight excluding hydrogens is 627 g/mol. The largest absolute Gasteiger partial charge is 0.414 e. The maximum atomic E-state index is 7.34. The molecule has 4 atom stereocenters. The molecule has 0 radical (unpaired) electrons. The van der Waals surface area contributed by atoms with E-state index in [-0.39, 0.29) is 27.3 Å². The Morgan fingerprint density at radius 2 is 1.28 bits per heavy atom. The van der Waals surface area contributed by atoms with E-state index in [2.05, 4.69) is 107 Å². The molecule has 4 rings (SSSR count). The number of benzene rings is 1. The van der Waals surface area contributed by atoms with Gasteiger partial charge in [-0.15, -0.1) is 0 Å². The molecule has 46 heavy (non-hydrogen) atoms. The van der Waals surface area contributed by atoms with Gasteiger partial charge in [0, 0.05) is 5.56 Å². The highest BCUT2D eigenvalue weighted by Gasteiger charge is 2.55. The molecule has 0 saturated carbocycles. The van der Waals surface area contributed by atoms with Gasteiger partial charge in [0.15, 0.2) is 48.5 Å². The van der Waals surface area contributed by atoms with E-state index in [1.165, 1.54) is 0 Å². The van der Waals surface area contributed by atoms with E-state index in [9.17, 15) is 0 Å². The van der Waals surface area contributed by atoms with Crippen LogP contribution in [0.3, 0.4) is 0 Å². The maximum absolute atomic E-state index is 7.34. The predicted octanol–water partition coefficient (Wildman–Crippen LogP) is 8.78. The Balaban J connectivity index is 1.88. The number of nitrogens with two attached hydrogens (primary N) is 1. The molecule has 3 aromatic rings. The number of rotatable bonds is 9. The highest BCUT2D eigenvalue weighted by molar-refractivity contribution is 6.75. The molecule has 2 aromatic heterocycles. The average Bonchev–Trinajstić information content (AvgIpc) is 3.47. The standard InChI is InChI=1S/C34H59N5O4Si3/c1-32(2,3)44(10,11)40-21-24-26(42-45(12,13)33(4,5)6)27(43-46(14,15)34(7,8)9)31(41-24)39-22-36-25-28(35)37-29(38-30(25)39)23-19-17-16-18-20-23/h16-20,22,24,26-27,31H,21H2,1-15H3,(H2,35,37,38)/t24-,26-,27-,31-/m1/s1. The summed E-state index contributed by atoms with van der Waals surface area (Å²) in [6, 6.07) is 9.87. The minimum Gasteiger partial charge on any atom is -0.414 e. The summed E-state index contributed by atoms with van der Waals surface area (Å²) in [7, 11) is -6.68. The molecule has 9 nitrogen and oxygen atoms in total. The van der Waals surface area contributed by atoms with Crippen LogP contribution in [0.4, 0.5) is 5.82 Å². The van der Waals surface area contributed by atoms with E-state index in [1.54, 1.807) is 6.33 Å². The zero-order chi connectivity index (χ0) is 34.7. The Hall–Kier alpha value is -1.94. The van der Waals surface area contributed by atoms with Gasteiger partial charge in [-0.1, -0.05) is 92.6 Å². The first-order chi connectivity index (χ1) is 20.9. The van der Waals surface area contributed by atoms with Gasteiger partial charge in [-0.05, 0) is 54.4 Å². The first-order valence-electron chi connectivity index (χ1n) is 16.6. The van der Waals surface area contributed by atoms with Crippen molar-refractivity contribution in [1.29, 1.82) is 0 Å². The van der Waals surface area contributed by atoms with E-state index >= 15 is 0 Å². The lowest BCUT2D eigenvalue weighted by Gasteiger charge is -2.44. The third-order valence-electron chi connectivity index (χ3n) is 10.9. The lowest BCUT2D eigenvalue weighted by Crippen LogP contribution is -2.54. The zero-order valence-corrected chi connectivity index (χ0v) is 34.0. The Morgan fingerprint density at radius 3 is 1.80 bits per heavy atom. The Bertz CT molecular complexity index is 1510. The second kappa shape index (κ2) is 12.5. The fourth-order valence-corrected chi connectivity index (χ4v) is 8.33. The number of nitrogen functional groups attached to an aromatic ring is 1. The van der Waals surface area contributed by atoms with Crippen molar-refractivity contribution >= 4 is 41.9 Å². The van der Waals surface area contributed by atoms with E-state index < -0.39 is 37.3 Å². The number of hydrogen-bond acceptors (Lipinski definition) is 8. The molecule has 12 heteroatoms. The van der Waals surface area contributed by atoms with Crippen LogP contribution in [0.15, 0.2) is 36.7 Å². The fraction of sp³-hybridized carbons (Fsp3) is 0.676. The van der Waals surface area contributed by atoms with Gasteiger partial charge < -0.3 is 23.7 Å². The van der Waals surface area contributed by atoms with Crippen LogP contribution in [0.25, 0.3) is 22.6 Å². The minimum absolute atomic E-state index is 0.00852. The van der Waals surface area contributed by atoms with Crippen molar-refractivity contribution in [2.24, 2.45) is 0 Å². The van der Waals surface area contributed by atoms with Gasteiger partial charge in [0.2, 0.25) is 0 Å². The summed E-state index contributed by atoms with van der Waals surface area (Å²) >= 11 is 0. The molecule has 1 saturated heterocycles.